The number of carbonyl (C=O) groups excluding carboxylic acids is 3. The first-order valence-corrected chi connectivity index (χ1v) is 14.6. The van der Waals surface area contributed by atoms with Crippen LogP contribution < -0.4 is 0 Å². The van der Waals surface area contributed by atoms with Crippen molar-refractivity contribution in [1.29, 1.82) is 0 Å². The van der Waals surface area contributed by atoms with Crippen LogP contribution in [-0.2, 0) is 23.9 Å². The lowest BCUT2D eigenvalue weighted by Crippen LogP contribution is -2.13. The monoisotopic (exact) mass is 494 g/mol. The van der Waals surface area contributed by atoms with Gasteiger partial charge in [-0.3, -0.25) is 14.4 Å². The van der Waals surface area contributed by atoms with Crippen molar-refractivity contribution in [3.8, 4) is 0 Å². The predicted octanol–water partition coefficient (Wildman–Crippen LogP) is 8.63. The van der Waals surface area contributed by atoms with Crippen molar-refractivity contribution in [3.05, 3.63) is 12.2 Å². The maximum atomic E-state index is 11.8. The molecule has 1 aliphatic rings. The van der Waals surface area contributed by atoms with Gasteiger partial charge in [-0.1, -0.05) is 104 Å². The molecule has 0 aromatic carbocycles. The zero-order valence-corrected chi connectivity index (χ0v) is 23.1. The van der Waals surface area contributed by atoms with Gasteiger partial charge in [0.2, 0.25) is 0 Å². The Balaban J connectivity index is 0.00000140. The number of hydrogen-bond donors (Lipinski definition) is 0. The first-order chi connectivity index (χ1) is 17.0. The minimum atomic E-state index is -0.398. The lowest BCUT2D eigenvalue weighted by molar-refractivity contribution is -0.152. The first kappa shape index (κ1) is 33.4. The molecule has 0 aromatic rings. The predicted molar refractivity (Wildman–Crippen MR) is 144 cm³/mol. The molecule has 0 saturated carbocycles. The Morgan fingerprint density at radius 1 is 0.771 bits per heavy atom. The van der Waals surface area contributed by atoms with Crippen LogP contribution in [0.1, 0.15) is 149 Å². The maximum Gasteiger partial charge on any atom is 0.314 e. The van der Waals surface area contributed by atoms with Crippen molar-refractivity contribution < 1.29 is 23.9 Å². The fourth-order valence-electron chi connectivity index (χ4n) is 3.95. The molecule has 1 aliphatic heterocycles. The van der Waals surface area contributed by atoms with E-state index in [4.69, 9.17) is 4.74 Å². The summed E-state index contributed by atoms with van der Waals surface area (Å²) >= 11 is 0. The molecule has 1 saturated heterocycles. The number of cyclic esters (lactones) is 2. The summed E-state index contributed by atoms with van der Waals surface area (Å²) in [5, 5.41) is 0. The summed E-state index contributed by atoms with van der Waals surface area (Å²) in [5.74, 6) is -0.236. The van der Waals surface area contributed by atoms with E-state index in [0.717, 1.165) is 19.3 Å². The number of rotatable bonds is 21. The Morgan fingerprint density at radius 3 is 1.77 bits per heavy atom. The number of unbranched alkanes of at least 4 members (excludes halogenated alkanes) is 12. The second-order valence-electron chi connectivity index (χ2n) is 9.78. The van der Waals surface area contributed by atoms with Gasteiger partial charge < -0.3 is 9.47 Å². The Bertz CT molecular complexity index is 541. The minimum absolute atomic E-state index is 0.00701. The highest BCUT2D eigenvalue weighted by Crippen LogP contribution is 2.14. The number of hydrogen-bond acceptors (Lipinski definition) is 5. The summed E-state index contributed by atoms with van der Waals surface area (Å²) in [6.45, 7) is 7.30. The molecular weight excluding hydrogens is 440 g/mol. The third-order valence-electron chi connectivity index (χ3n) is 6.43. The molecule has 5 nitrogen and oxygen atoms in total. The second-order valence-corrected chi connectivity index (χ2v) is 9.78. The summed E-state index contributed by atoms with van der Waals surface area (Å²) in [7, 11) is 0. The van der Waals surface area contributed by atoms with Crippen LogP contribution in [0, 0.1) is 5.92 Å². The van der Waals surface area contributed by atoms with Crippen LogP contribution in [0.25, 0.3) is 0 Å². The summed E-state index contributed by atoms with van der Waals surface area (Å²) in [6, 6.07) is 0. The Labute approximate surface area is 215 Å². The first-order valence-electron chi connectivity index (χ1n) is 14.6. The number of allylic oxidation sites excluding steroid dienone is 2. The van der Waals surface area contributed by atoms with Crippen molar-refractivity contribution in [2.45, 2.75) is 149 Å². The molecule has 5 heteroatoms. The third-order valence-corrected chi connectivity index (χ3v) is 6.43. The average molecular weight is 495 g/mol. The lowest BCUT2D eigenvalue weighted by Gasteiger charge is -2.14. The maximum absolute atomic E-state index is 11.8. The summed E-state index contributed by atoms with van der Waals surface area (Å²) in [4.78, 5) is 31.9. The Hall–Kier alpha value is -1.65. The van der Waals surface area contributed by atoms with Gasteiger partial charge in [-0.2, -0.15) is 0 Å². The Kier molecular flexibility index (Phi) is 24.2. The molecule has 1 fully saturated rings. The van der Waals surface area contributed by atoms with E-state index in [1.165, 1.54) is 89.9 Å². The highest BCUT2D eigenvalue weighted by molar-refractivity contribution is 5.92. The van der Waals surface area contributed by atoms with E-state index in [9.17, 15) is 14.4 Å². The molecule has 1 heterocycles. The van der Waals surface area contributed by atoms with Crippen molar-refractivity contribution >= 4 is 17.9 Å². The number of ether oxygens (including phenoxy) is 2. The van der Waals surface area contributed by atoms with Gasteiger partial charge in [0.1, 0.15) is 0 Å². The highest BCUT2D eigenvalue weighted by Gasteiger charge is 2.19. The number of carbonyl (C=O) groups is 3. The largest absolute Gasteiger partial charge is 0.465 e. The molecule has 35 heavy (non-hydrogen) atoms. The molecule has 204 valence electrons. The molecule has 0 N–H and O–H groups in total. The molecule has 0 aliphatic carbocycles. The van der Waals surface area contributed by atoms with E-state index >= 15 is 0 Å². The van der Waals surface area contributed by atoms with E-state index in [2.05, 4.69) is 37.7 Å². The zero-order chi connectivity index (χ0) is 26.0. The highest BCUT2D eigenvalue weighted by atomic mass is 16.6. The molecule has 0 radical (unpaired) electrons. The van der Waals surface area contributed by atoms with Crippen molar-refractivity contribution in [2.24, 2.45) is 5.92 Å². The summed E-state index contributed by atoms with van der Waals surface area (Å²) in [5.41, 5.74) is 0. The average Bonchev–Trinajstić information content (AvgIpc) is 3.24. The van der Waals surface area contributed by atoms with Crippen LogP contribution in [0.15, 0.2) is 12.2 Å². The lowest BCUT2D eigenvalue weighted by atomic mass is 10.0. The molecule has 1 atom stereocenters. The quantitative estimate of drug-likeness (QED) is 0.0691. The van der Waals surface area contributed by atoms with Crippen LogP contribution in [0.3, 0.4) is 0 Å². The van der Waals surface area contributed by atoms with Crippen molar-refractivity contribution in [3.63, 3.8) is 0 Å². The van der Waals surface area contributed by atoms with Gasteiger partial charge in [0, 0.05) is 6.42 Å². The normalized spacial score (nSPS) is 14.0. The van der Waals surface area contributed by atoms with Gasteiger partial charge in [0.15, 0.2) is 0 Å². The van der Waals surface area contributed by atoms with E-state index in [0.29, 0.717) is 18.9 Å². The standard InChI is InChI=1S/C26H50O2.C4H4O3/c1-4-7-9-10-11-12-13-14-15-16-17-18-19-20-21-23-26(27)28-24-25(6-3)22-8-5-2;5-3-1-2-4(6)7-3/h14-15,25H,4-13,16-24H2,1-3H3;1-2H2/b15-14-;. The SMILES string of the molecule is CCCCCCCC/C=C\CCCCCCCC(=O)OCC(CC)CCCC.O=C1CCC(=O)O1. The van der Waals surface area contributed by atoms with Gasteiger partial charge >= 0.3 is 17.9 Å². The molecule has 0 bridgehead atoms. The van der Waals surface area contributed by atoms with Crippen LogP contribution in [-0.4, -0.2) is 24.5 Å². The molecular formula is C30H54O5. The second kappa shape index (κ2) is 25.4. The third kappa shape index (κ3) is 23.8. The van der Waals surface area contributed by atoms with Crippen LogP contribution in [0.5, 0.6) is 0 Å². The topological polar surface area (TPSA) is 69.7 Å². The van der Waals surface area contributed by atoms with E-state index in [-0.39, 0.29) is 18.8 Å². The molecule has 1 unspecified atom stereocenters. The fraction of sp³-hybridized carbons (Fsp3) is 0.833. The van der Waals surface area contributed by atoms with Crippen LogP contribution >= 0.6 is 0 Å². The van der Waals surface area contributed by atoms with E-state index in [1.54, 1.807) is 0 Å². The van der Waals surface area contributed by atoms with Gasteiger partial charge in [0.05, 0.1) is 19.4 Å². The van der Waals surface area contributed by atoms with Crippen molar-refractivity contribution in [1.82, 2.24) is 0 Å². The van der Waals surface area contributed by atoms with Gasteiger partial charge in [-0.15, -0.1) is 0 Å². The molecule has 0 spiro atoms. The zero-order valence-electron chi connectivity index (χ0n) is 23.1. The minimum Gasteiger partial charge on any atom is -0.465 e. The van der Waals surface area contributed by atoms with Crippen LogP contribution in [0.4, 0.5) is 0 Å². The van der Waals surface area contributed by atoms with Gasteiger partial charge in [-0.05, 0) is 44.4 Å². The van der Waals surface area contributed by atoms with Gasteiger partial charge in [0.25, 0.3) is 0 Å². The molecule has 0 aromatic heterocycles. The summed E-state index contributed by atoms with van der Waals surface area (Å²) < 4.78 is 9.55. The molecule has 1 rings (SSSR count). The van der Waals surface area contributed by atoms with E-state index in [1.807, 2.05) is 0 Å². The Morgan fingerprint density at radius 2 is 1.29 bits per heavy atom. The number of esters is 3. The smallest absolute Gasteiger partial charge is 0.314 e. The molecule has 0 amide bonds. The van der Waals surface area contributed by atoms with Crippen LogP contribution in [0.2, 0.25) is 0 Å². The van der Waals surface area contributed by atoms with Crippen molar-refractivity contribution in [2.75, 3.05) is 6.61 Å². The van der Waals surface area contributed by atoms with Gasteiger partial charge in [-0.25, -0.2) is 0 Å². The van der Waals surface area contributed by atoms with E-state index < -0.39 is 11.9 Å². The summed E-state index contributed by atoms with van der Waals surface area (Å²) in [6.07, 6.45) is 27.4. The fourth-order valence-corrected chi connectivity index (χ4v) is 3.95.